The summed E-state index contributed by atoms with van der Waals surface area (Å²) in [7, 11) is 0. The molecule has 1 fully saturated rings. The van der Waals surface area contributed by atoms with Gasteiger partial charge in [-0.25, -0.2) is 0 Å². The van der Waals surface area contributed by atoms with Crippen LogP contribution in [0.15, 0.2) is 0 Å². The van der Waals surface area contributed by atoms with Gasteiger partial charge in [0, 0.05) is 24.0 Å². The van der Waals surface area contributed by atoms with Crippen molar-refractivity contribution >= 4 is 5.91 Å². The highest BCUT2D eigenvalue weighted by Crippen LogP contribution is 2.25. The molecule has 1 atom stereocenters. The Bertz CT molecular complexity index is 255. The maximum absolute atomic E-state index is 12.5. The maximum Gasteiger partial charge on any atom is 0.228 e. The van der Waals surface area contributed by atoms with Crippen molar-refractivity contribution in [3.05, 3.63) is 0 Å². The van der Waals surface area contributed by atoms with Crippen molar-refractivity contribution in [2.75, 3.05) is 13.1 Å². The number of carbonyl (C=O) groups excluding carboxylic acids is 1. The van der Waals surface area contributed by atoms with Crippen LogP contribution < -0.4 is 5.32 Å². The van der Waals surface area contributed by atoms with Gasteiger partial charge >= 0.3 is 0 Å². The summed E-state index contributed by atoms with van der Waals surface area (Å²) in [6.45, 7) is 12.4. The second-order valence-corrected chi connectivity index (χ2v) is 6.08. The molecule has 1 aliphatic rings. The van der Waals surface area contributed by atoms with Crippen LogP contribution in [0.3, 0.4) is 0 Å². The lowest BCUT2D eigenvalue weighted by molar-refractivity contribution is -0.142. The highest BCUT2D eigenvalue weighted by Gasteiger charge is 2.33. The quantitative estimate of drug-likeness (QED) is 0.800. The monoisotopic (exact) mass is 240 g/mol. The summed E-state index contributed by atoms with van der Waals surface area (Å²) in [6.07, 6.45) is 3.33. The van der Waals surface area contributed by atoms with Gasteiger partial charge in [0.25, 0.3) is 0 Å². The third-order valence-electron chi connectivity index (χ3n) is 3.93. The molecule has 3 heteroatoms. The molecule has 1 aliphatic heterocycles. The van der Waals surface area contributed by atoms with E-state index >= 15 is 0 Å². The third kappa shape index (κ3) is 3.70. The largest absolute Gasteiger partial charge is 0.338 e. The Morgan fingerprint density at radius 3 is 2.53 bits per heavy atom. The Hall–Kier alpha value is -0.570. The first-order valence-corrected chi connectivity index (χ1v) is 6.93. The predicted molar refractivity (Wildman–Crippen MR) is 71.9 cm³/mol. The molecule has 1 N–H and O–H groups in total. The molecule has 0 aliphatic carbocycles. The molecule has 3 nitrogen and oxygen atoms in total. The van der Waals surface area contributed by atoms with Gasteiger partial charge in [0.2, 0.25) is 5.91 Å². The van der Waals surface area contributed by atoms with E-state index < -0.39 is 0 Å². The highest BCUT2D eigenvalue weighted by atomic mass is 16.2. The third-order valence-corrected chi connectivity index (χ3v) is 3.93. The fourth-order valence-corrected chi connectivity index (χ4v) is 2.22. The molecule has 1 saturated heterocycles. The first kappa shape index (κ1) is 14.5. The van der Waals surface area contributed by atoms with Crippen LogP contribution in [0.25, 0.3) is 0 Å². The predicted octanol–water partition coefficient (Wildman–Crippen LogP) is 2.41. The summed E-state index contributed by atoms with van der Waals surface area (Å²) >= 11 is 0. The van der Waals surface area contributed by atoms with Crippen LogP contribution in [0.4, 0.5) is 0 Å². The number of amides is 1. The van der Waals surface area contributed by atoms with Gasteiger partial charge in [0.1, 0.15) is 0 Å². The molecular formula is C14H28N2O. The second kappa shape index (κ2) is 5.85. The van der Waals surface area contributed by atoms with Crippen molar-refractivity contribution in [1.82, 2.24) is 10.2 Å². The summed E-state index contributed by atoms with van der Waals surface area (Å²) in [5.41, 5.74) is -0.233. The maximum atomic E-state index is 12.5. The van der Waals surface area contributed by atoms with E-state index in [4.69, 9.17) is 0 Å². The molecule has 0 spiro atoms. The molecule has 0 radical (unpaired) electrons. The topological polar surface area (TPSA) is 32.3 Å². The standard InChI is InChI=1S/C14H28N2O/c1-6-14(4,5)13(17)16(11(2)3)10-12-8-7-9-15-12/h11-12,15H,6-10H2,1-5H3. The van der Waals surface area contributed by atoms with E-state index in [1.165, 1.54) is 12.8 Å². The minimum absolute atomic E-state index is 0.233. The first-order chi connectivity index (χ1) is 7.88. The van der Waals surface area contributed by atoms with E-state index in [9.17, 15) is 4.79 Å². The summed E-state index contributed by atoms with van der Waals surface area (Å²) in [4.78, 5) is 14.6. The van der Waals surface area contributed by atoms with Gasteiger partial charge in [0.05, 0.1) is 0 Å². The lowest BCUT2D eigenvalue weighted by atomic mass is 9.88. The van der Waals surface area contributed by atoms with Gasteiger partial charge in [-0.2, -0.15) is 0 Å². The Morgan fingerprint density at radius 2 is 2.12 bits per heavy atom. The number of carbonyl (C=O) groups is 1. The number of nitrogens with zero attached hydrogens (tertiary/aromatic N) is 1. The zero-order valence-corrected chi connectivity index (χ0v) is 12.0. The van der Waals surface area contributed by atoms with Crippen LogP contribution in [0.5, 0.6) is 0 Å². The van der Waals surface area contributed by atoms with Crippen molar-refractivity contribution < 1.29 is 4.79 Å². The lowest BCUT2D eigenvalue weighted by Crippen LogP contribution is -2.49. The molecule has 1 heterocycles. The minimum atomic E-state index is -0.233. The summed E-state index contributed by atoms with van der Waals surface area (Å²) in [5.74, 6) is 0.295. The number of rotatable bonds is 5. The second-order valence-electron chi connectivity index (χ2n) is 6.08. The minimum Gasteiger partial charge on any atom is -0.338 e. The van der Waals surface area contributed by atoms with Crippen LogP contribution in [-0.2, 0) is 4.79 Å². The fourth-order valence-electron chi connectivity index (χ4n) is 2.22. The van der Waals surface area contributed by atoms with Crippen molar-refractivity contribution in [2.45, 2.75) is 66.0 Å². The normalized spacial score (nSPS) is 20.9. The van der Waals surface area contributed by atoms with E-state index in [2.05, 4.69) is 26.1 Å². The fraction of sp³-hybridized carbons (Fsp3) is 0.929. The lowest BCUT2D eigenvalue weighted by Gasteiger charge is -2.35. The van der Waals surface area contributed by atoms with Gasteiger partial charge in [-0.15, -0.1) is 0 Å². The zero-order chi connectivity index (χ0) is 13.1. The van der Waals surface area contributed by atoms with Crippen LogP contribution >= 0.6 is 0 Å². The van der Waals surface area contributed by atoms with Crippen LogP contribution in [0.1, 0.15) is 53.9 Å². The van der Waals surface area contributed by atoms with Gasteiger partial charge < -0.3 is 10.2 Å². The van der Waals surface area contributed by atoms with Crippen molar-refractivity contribution in [3.8, 4) is 0 Å². The SMILES string of the molecule is CCC(C)(C)C(=O)N(CC1CCCN1)C(C)C. The van der Waals surface area contributed by atoms with Crippen LogP contribution in [0.2, 0.25) is 0 Å². The van der Waals surface area contributed by atoms with E-state index in [1.807, 2.05) is 18.7 Å². The molecule has 1 rings (SSSR count). The van der Waals surface area contributed by atoms with Crippen LogP contribution in [-0.4, -0.2) is 36.0 Å². The van der Waals surface area contributed by atoms with Gasteiger partial charge in [-0.05, 0) is 39.7 Å². The van der Waals surface area contributed by atoms with Crippen molar-refractivity contribution in [3.63, 3.8) is 0 Å². The van der Waals surface area contributed by atoms with E-state index in [0.29, 0.717) is 11.9 Å². The van der Waals surface area contributed by atoms with Crippen molar-refractivity contribution in [1.29, 1.82) is 0 Å². The number of hydrogen-bond donors (Lipinski definition) is 1. The van der Waals surface area contributed by atoms with E-state index in [0.717, 1.165) is 19.5 Å². The molecule has 100 valence electrons. The van der Waals surface area contributed by atoms with Crippen LogP contribution in [0, 0.1) is 5.41 Å². The molecule has 0 bridgehead atoms. The molecule has 0 saturated carbocycles. The van der Waals surface area contributed by atoms with Gasteiger partial charge in [0.15, 0.2) is 0 Å². The van der Waals surface area contributed by atoms with Gasteiger partial charge in [-0.1, -0.05) is 20.8 Å². The molecular weight excluding hydrogens is 212 g/mol. The van der Waals surface area contributed by atoms with Gasteiger partial charge in [-0.3, -0.25) is 4.79 Å². The molecule has 1 unspecified atom stereocenters. The smallest absolute Gasteiger partial charge is 0.228 e. The Morgan fingerprint density at radius 1 is 1.47 bits per heavy atom. The average Bonchev–Trinajstić information content (AvgIpc) is 2.77. The average molecular weight is 240 g/mol. The number of hydrogen-bond acceptors (Lipinski definition) is 2. The number of nitrogens with one attached hydrogen (secondary N) is 1. The summed E-state index contributed by atoms with van der Waals surface area (Å²) in [6, 6.07) is 0.782. The van der Waals surface area contributed by atoms with E-state index in [1.54, 1.807) is 0 Å². The highest BCUT2D eigenvalue weighted by molar-refractivity contribution is 5.82. The van der Waals surface area contributed by atoms with Crippen molar-refractivity contribution in [2.24, 2.45) is 5.41 Å². The van der Waals surface area contributed by atoms with E-state index in [-0.39, 0.29) is 11.5 Å². The zero-order valence-electron chi connectivity index (χ0n) is 12.0. The summed E-state index contributed by atoms with van der Waals surface area (Å²) in [5, 5.41) is 3.47. The Balaban J connectivity index is 2.67. The molecule has 0 aromatic rings. The summed E-state index contributed by atoms with van der Waals surface area (Å²) < 4.78 is 0. The molecule has 1 amide bonds. The first-order valence-electron chi connectivity index (χ1n) is 6.93. The Kier molecular flexibility index (Phi) is 4.99. The Labute approximate surface area is 106 Å². The molecule has 0 aromatic carbocycles. The molecule has 17 heavy (non-hydrogen) atoms. The molecule has 0 aromatic heterocycles.